The first-order valence-electron chi connectivity index (χ1n) is 8.72. The first kappa shape index (κ1) is 17.6. The number of ether oxygens (including phenoxy) is 1. The molecule has 1 amide bonds. The van der Waals surface area contributed by atoms with Crippen LogP contribution in [0.2, 0.25) is 5.02 Å². The number of rotatable bonds is 5. The molecule has 0 radical (unpaired) electrons. The molecule has 0 bridgehead atoms. The van der Waals surface area contributed by atoms with E-state index >= 15 is 0 Å². The Kier molecular flexibility index (Phi) is 5.82. The SMILES string of the molecule is CCOC(=O)Nc1cc(CCN2CCCc3ccccc32)ccc1Cl. The maximum atomic E-state index is 11.6. The number of hydrogen-bond acceptors (Lipinski definition) is 3. The van der Waals surface area contributed by atoms with Crippen molar-refractivity contribution < 1.29 is 9.53 Å². The highest BCUT2D eigenvalue weighted by atomic mass is 35.5. The van der Waals surface area contributed by atoms with Crippen LogP contribution in [0.1, 0.15) is 24.5 Å². The summed E-state index contributed by atoms with van der Waals surface area (Å²) in [5, 5.41) is 3.21. The van der Waals surface area contributed by atoms with Crippen molar-refractivity contribution in [3.05, 3.63) is 58.6 Å². The first-order valence-corrected chi connectivity index (χ1v) is 9.10. The molecule has 0 aromatic heterocycles. The number of nitrogens with one attached hydrogen (secondary N) is 1. The minimum absolute atomic E-state index is 0.331. The molecular weight excluding hydrogens is 336 g/mol. The number of carbonyl (C=O) groups is 1. The molecule has 132 valence electrons. The molecule has 2 aromatic carbocycles. The second-order valence-electron chi connectivity index (χ2n) is 6.13. The second kappa shape index (κ2) is 8.26. The third-order valence-electron chi connectivity index (χ3n) is 4.42. The van der Waals surface area contributed by atoms with E-state index in [1.807, 2.05) is 18.2 Å². The second-order valence-corrected chi connectivity index (χ2v) is 6.54. The number of anilines is 2. The van der Waals surface area contributed by atoms with Gasteiger partial charge in [0.25, 0.3) is 0 Å². The lowest BCUT2D eigenvalue weighted by Gasteiger charge is -2.31. The lowest BCUT2D eigenvalue weighted by Crippen LogP contribution is -2.31. The fraction of sp³-hybridized carbons (Fsp3) is 0.350. The predicted octanol–water partition coefficient (Wildman–Crippen LogP) is 4.90. The molecule has 0 unspecified atom stereocenters. The van der Waals surface area contributed by atoms with Gasteiger partial charge in [-0.25, -0.2) is 4.79 Å². The summed E-state index contributed by atoms with van der Waals surface area (Å²) < 4.78 is 4.92. The fourth-order valence-electron chi connectivity index (χ4n) is 3.21. The summed E-state index contributed by atoms with van der Waals surface area (Å²) in [6.07, 6.45) is 2.75. The van der Waals surface area contributed by atoms with Crippen LogP contribution in [0.25, 0.3) is 0 Å². The smallest absolute Gasteiger partial charge is 0.411 e. The molecular formula is C20H23ClN2O2. The number of fused-ring (bicyclic) bond motifs is 1. The van der Waals surface area contributed by atoms with Gasteiger partial charge in [0.2, 0.25) is 0 Å². The van der Waals surface area contributed by atoms with Crippen LogP contribution in [0, 0.1) is 0 Å². The van der Waals surface area contributed by atoms with Crippen molar-refractivity contribution in [1.82, 2.24) is 0 Å². The molecule has 1 N–H and O–H groups in total. The molecule has 25 heavy (non-hydrogen) atoms. The normalized spacial score (nSPS) is 13.3. The van der Waals surface area contributed by atoms with Gasteiger partial charge in [0.15, 0.2) is 0 Å². The van der Waals surface area contributed by atoms with Crippen molar-refractivity contribution in [2.75, 3.05) is 29.9 Å². The first-order chi connectivity index (χ1) is 12.2. The van der Waals surface area contributed by atoms with Crippen molar-refractivity contribution in [1.29, 1.82) is 0 Å². The minimum Gasteiger partial charge on any atom is -0.450 e. The van der Waals surface area contributed by atoms with E-state index in [4.69, 9.17) is 16.3 Å². The summed E-state index contributed by atoms with van der Waals surface area (Å²) in [6, 6.07) is 14.4. The number of benzene rings is 2. The topological polar surface area (TPSA) is 41.6 Å². The van der Waals surface area contributed by atoms with Crippen molar-refractivity contribution in [3.63, 3.8) is 0 Å². The molecule has 1 heterocycles. The zero-order valence-corrected chi connectivity index (χ0v) is 15.2. The van der Waals surface area contributed by atoms with E-state index in [-0.39, 0.29) is 0 Å². The molecule has 0 saturated carbocycles. The Morgan fingerprint density at radius 1 is 1.28 bits per heavy atom. The zero-order chi connectivity index (χ0) is 17.6. The number of para-hydroxylation sites is 1. The van der Waals surface area contributed by atoms with Crippen molar-refractivity contribution >= 4 is 29.1 Å². The molecule has 5 heteroatoms. The van der Waals surface area contributed by atoms with Gasteiger partial charge in [0, 0.05) is 18.8 Å². The van der Waals surface area contributed by atoms with Gasteiger partial charge in [-0.1, -0.05) is 35.9 Å². The van der Waals surface area contributed by atoms with E-state index in [0.717, 1.165) is 31.5 Å². The Morgan fingerprint density at radius 2 is 2.12 bits per heavy atom. The summed E-state index contributed by atoms with van der Waals surface area (Å²) in [7, 11) is 0. The number of nitrogens with zero attached hydrogens (tertiary/aromatic N) is 1. The van der Waals surface area contributed by atoms with Crippen LogP contribution in [-0.4, -0.2) is 25.8 Å². The molecule has 2 aromatic rings. The van der Waals surface area contributed by atoms with Crippen LogP contribution in [0.5, 0.6) is 0 Å². The Labute approximate surface area is 153 Å². The number of amides is 1. The van der Waals surface area contributed by atoms with E-state index in [0.29, 0.717) is 17.3 Å². The standard InChI is InChI=1S/C20H23ClN2O2/c1-2-25-20(24)22-18-14-15(9-10-17(18)21)11-13-23-12-5-7-16-6-3-4-8-19(16)23/h3-4,6,8-10,14H,2,5,7,11-13H2,1H3,(H,22,24). The quantitative estimate of drug-likeness (QED) is 0.826. The molecule has 0 saturated heterocycles. The lowest BCUT2D eigenvalue weighted by atomic mass is 10.0. The maximum Gasteiger partial charge on any atom is 0.411 e. The summed E-state index contributed by atoms with van der Waals surface area (Å²) >= 11 is 6.18. The van der Waals surface area contributed by atoms with Gasteiger partial charge in [0.1, 0.15) is 0 Å². The van der Waals surface area contributed by atoms with Crippen molar-refractivity contribution in [2.24, 2.45) is 0 Å². The summed E-state index contributed by atoms with van der Waals surface area (Å²) in [5.41, 5.74) is 4.50. The predicted molar refractivity (Wildman–Crippen MR) is 103 cm³/mol. The Morgan fingerprint density at radius 3 is 2.96 bits per heavy atom. The van der Waals surface area contributed by atoms with Crippen LogP contribution in [0.4, 0.5) is 16.2 Å². The van der Waals surface area contributed by atoms with Gasteiger partial charge in [-0.15, -0.1) is 0 Å². The number of halogens is 1. The summed E-state index contributed by atoms with van der Waals surface area (Å²) in [4.78, 5) is 14.1. The van der Waals surface area contributed by atoms with Gasteiger partial charge in [-0.05, 0) is 55.5 Å². The average Bonchev–Trinajstić information content (AvgIpc) is 2.62. The lowest BCUT2D eigenvalue weighted by molar-refractivity contribution is 0.168. The molecule has 0 atom stereocenters. The van der Waals surface area contributed by atoms with Gasteiger partial charge < -0.3 is 9.64 Å². The largest absolute Gasteiger partial charge is 0.450 e. The minimum atomic E-state index is -0.480. The zero-order valence-electron chi connectivity index (χ0n) is 14.4. The molecule has 1 aliphatic rings. The van der Waals surface area contributed by atoms with Crippen LogP contribution in [0.3, 0.4) is 0 Å². The van der Waals surface area contributed by atoms with E-state index < -0.39 is 6.09 Å². The van der Waals surface area contributed by atoms with Gasteiger partial charge in [0.05, 0.1) is 17.3 Å². The highest BCUT2D eigenvalue weighted by molar-refractivity contribution is 6.33. The molecule has 1 aliphatic heterocycles. The molecule has 0 aliphatic carbocycles. The van der Waals surface area contributed by atoms with E-state index in [1.54, 1.807) is 6.92 Å². The van der Waals surface area contributed by atoms with Crippen LogP contribution in [0.15, 0.2) is 42.5 Å². The Balaban J connectivity index is 1.67. The van der Waals surface area contributed by atoms with Crippen LogP contribution in [-0.2, 0) is 17.6 Å². The summed E-state index contributed by atoms with van der Waals surface area (Å²) in [5.74, 6) is 0. The van der Waals surface area contributed by atoms with Crippen LogP contribution >= 0.6 is 11.6 Å². The maximum absolute atomic E-state index is 11.6. The monoisotopic (exact) mass is 358 g/mol. The van der Waals surface area contributed by atoms with Gasteiger partial charge in [-0.3, -0.25) is 5.32 Å². The fourth-order valence-corrected chi connectivity index (χ4v) is 3.37. The van der Waals surface area contributed by atoms with Gasteiger partial charge in [-0.2, -0.15) is 0 Å². The Hall–Kier alpha value is -2.20. The summed E-state index contributed by atoms with van der Waals surface area (Å²) in [6.45, 7) is 4.13. The molecule has 3 rings (SSSR count). The number of carbonyl (C=O) groups excluding carboxylic acids is 1. The average molecular weight is 359 g/mol. The third kappa shape index (κ3) is 4.45. The number of hydrogen-bond donors (Lipinski definition) is 1. The van der Waals surface area contributed by atoms with E-state index in [2.05, 4.69) is 34.5 Å². The molecule has 4 nitrogen and oxygen atoms in total. The molecule has 0 fully saturated rings. The highest BCUT2D eigenvalue weighted by Gasteiger charge is 2.16. The Bertz CT molecular complexity index is 748. The van der Waals surface area contributed by atoms with Crippen LogP contribution < -0.4 is 10.2 Å². The number of aryl methyl sites for hydroxylation is 1. The van der Waals surface area contributed by atoms with E-state index in [9.17, 15) is 4.79 Å². The highest BCUT2D eigenvalue weighted by Crippen LogP contribution is 2.28. The van der Waals surface area contributed by atoms with E-state index in [1.165, 1.54) is 17.7 Å². The van der Waals surface area contributed by atoms with Gasteiger partial charge >= 0.3 is 6.09 Å². The molecule has 0 spiro atoms. The van der Waals surface area contributed by atoms with Crippen molar-refractivity contribution in [3.8, 4) is 0 Å². The van der Waals surface area contributed by atoms with Crippen molar-refractivity contribution in [2.45, 2.75) is 26.2 Å². The third-order valence-corrected chi connectivity index (χ3v) is 4.75.